The Morgan fingerprint density at radius 3 is 2.17 bits per heavy atom. The molecule has 5 fully saturated rings. The number of nitrogens with one attached hydrogen (secondary N) is 1. The van der Waals surface area contributed by atoms with Crippen LogP contribution in [0.1, 0.15) is 85.6 Å². The van der Waals surface area contributed by atoms with E-state index in [0.717, 1.165) is 37.3 Å². The lowest BCUT2D eigenvalue weighted by molar-refractivity contribution is -0.0987. The summed E-state index contributed by atoms with van der Waals surface area (Å²) in [6.45, 7) is 11.0. The number of aromatic nitrogens is 1. The van der Waals surface area contributed by atoms with Gasteiger partial charge in [0.15, 0.2) is 0 Å². The summed E-state index contributed by atoms with van der Waals surface area (Å²) in [5, 5.41) is 2.69. The molecule has 2 amide bonds. The SMILES string of the molecule is C=CCNC(=O)c1cn([C@H](C)CC)cc(C(=O)N2CCN(C34CC5CC(CC(C5)C3)C4)CC2)c1=O. The molecule has 0 aromatic carbocycles. The Kier molecular flexibility index (Phi) is 6.64. The van der Waals surface area contributed by atoms with Crippen LogP contribution in [0.2, 0.25) is 0 Å². The van der Waals surface area contributed by atoms with Crippen LogP contribution in [0.3, 0.4) is 0 Å². The lowest BCUT2D eigenvalue weighted by Gasteiger charge is -2.61. The fourth-order valence-corrected chi connectivity index (χ4v) is 7.64. The number of piperazine rings is 1. The van der Waals surface area contributed by atoms with Crippen molar-refractivity contribution < 1.29 is 9.59 Å². The van der Waals surface area contributed by atoms with Crippen LogP contribution in [-0.2, 0) is 0 Å². The zero-order valence-electron chi connectivity index (χ0n) is 21.3. The highest BCUT2D eigenvalue weighted by Crippen LogP contribution is 2.57. The second kappa shape index (κ2) is 9.57. The lowest BCUT2D eigenvalue weighted by atomic mass is 9.52. The molecule has 1 atom stereocenters. The number of pyridine rings is 1. The average Bonchev–Trinajstić information content (AvgIpc) is 2.85. The van der Waals surface area contributed by atoms with E-state index in [2.05, 4.69) is 16.8 Å². The molecule has 35 heavy (non-hydrogen) atoms. The molecule has 6 rings (SSSR count). The van der Waals surface area contributed by atoms with Gasteiger partial charge in [-0.05, 0) is 69.6 Å². The van der Waals surface area contributed by atoms with Crippen LogP contribution in [0.15, 0.2) is 29.8 Å². The number of hydrogen-bond donors (Lipinski definition) is 1. The van der Waals surface area contributed by atoms with E-state index in [0.29, 0.717) is 18.6 Å². The number of amides is 2. The molecule has 1 aliphatic heterocycles. The van der Waals surface area contributed by atoms with Gasteiger partial charge in [0.2, 0.25) is 5.43 Å². The summed E-state index contributed by atoms with van der Waals surface area (Å²) in [6.07, 6.45) is 13.9. The topological polar surface area (TPSA) is 74.7 Å². The van der Waals surface area contributed by atoms with Gasteiger partial charge in [-0.15, -0.1) is 6.58 Å². The quantitative estimate of drug-likeness (QED) is 0.607. The molecule has 5 aliphatic rings. The molecule has 190 valence electrons. The van der Waals surface area contributed by atoms with Crippen LogP contribution in [0, 0.1) is 17.8 Å². The summed E-state index contributed by atoms with van der Waals surface area (Å²) in [4.78, 5) is 44.0. The fourth-order valence-electron chi connectivity index (χ4n) is 7.64. The smallest absolute Gasteiger partial charge is 0.259 e. The molecule has 4 saturated carbocycles. The van der Waals surface area contributed by atoms with Gasteiger partial charge in [-0.25, -0.2) is 0 Å². The van der Waals surface area contributed by atoms with Crippen molar-refractivity contribution in [3.05, 3.63) is 46.4 Å². The molecule has 7 nitrogen and oxygen atoms in total. The number of carbonyl (C=O) groups excluding carboxylic acids is 2. The highest BCUT2D eigenvalue weighted by Gasteiger charge is 2.53. The summed E-state index contributed by atoms with van der Waals surface area (Å²) >= 11 is 0. The van der Waals surface area contributed by atoms with Crippen molar-refractivity contribution in [2.24, 2.45) is 17.8 Å². The molecular weight excluding hydrogens is 440 g/mol. The van der Waals surface area contributed by atoms with Gasteiger partial charge in [-0.2, -0.15) is 0 Å². The zero-order valence-corrected chi connectivity index (χ0v) is 21.3. The van der Waals surface area contributed by atoms with Crippen molar-refractivity contribution in [2.75, 3.05) is 32.7 Å². The van der Waals surface area contributed by atoms with E-state index < -0.39 is 11.3 Å². The molecule has 0 unspecified atom stereocenters. The summed E-state index contributed by atoms with van der Waals surface area (Å²) < 4.78 is 1.84. The number of nitrogens with zero attached hydrogens (tertiary/aromatic N) is 3. The summed E-state index contributed by atoms with van der Waals surface area (Å²) in [5.41, 5.74) is -0.0271. The van der Waals surface area contributed by atoms with E-state index in [4.69, 9.17) is 0 Å². The fraction of sp³-hybridized carbons (Fsp3) is 0.679. The third kappa shape index (κ3) is 4.48. The van der Waals surface area contributed by atoms with E-state index in [1.807, 2.05) is 23.3 Å². The van der Waals surface area contributed by atoms with E-state index in [9.17, 15) is 14.4 Å². The average molecular weight is 481 g/mol. The Morgan fingerprint density at radius 1 is 1.06 bits per heavy atom. The summed E-state index contributed by atoms with van der Waals surface area (Å²) in [7, 11) is 0. The predicted molar refractivity (Wildman–Crippen MR) is 137 cm³/mol. The maximum absolute atomic E-state index is 13.6. The van der Waals surface area contributed by atoms with E-state index in [-0.39, 0.29) is 29.6 Å². The van der Waals surface area contributed by atoms with Gasteiger partial charge < -0.3 is 14.8 Å². The lowest BCUT2D eigenvalue weighted by Crippen LogP contribution is -2.64. The van der Waals surface area contributed by atoms with Crippen LogP contribution in [0.25, 0.3) is 0 Å². The van der Waals surface area contributed by atoms with E-state index in [1.54, 1.807) is 18.5 Å². The van der Waals surface area contributed by atoms with Crippen molar-refractivity contribution >= 4 is 11.8 Å². The molecule has 0 spiro atoms. The highest BCUT2D eigenvalue weighted by molar-refractivity contribution is 5.99. The maximum atomic E-state index is 13.6. The second-order valence-electron chi connectivity index (χ2n) is 11.5. The van der Waals surface area contributed by atoms with Crippen LogP contribution < -0.4 is 10.7 Å². The molecule has 4 aliphatic carbocycles. The highest BCUT2D eigenvalue weighted by atomic mass is 16.2. The van der Waals surface area contributed by atoms with Crippen LogP contribution in [0.4, 0.5) is 0 Å². The third-order valence-electron chi connectivity index (χ3n) is 9.27. The van der Waals surface area contributed by atoms with Gasteiger partial charge in [-0.1, -0.05) is 13.0 Å². The normalized spacial score (nSPS) is 30.8. The second-order valence-corrected chi connectivity index (χ2v) is 11.5. The van der Waals surface area contributed by atoms with Crippen LogP contribution in [0.5, 0.6) is 0 Å². The number of carbonyl (C=O) groups is 2. The molecule has 2 heterocycles. The first-order valence-electron chi connectivity index (χ1n) is 13.5. The monoisotopic (exact) mass is 480 g/mol. The molecular formula is C28H40N4O3. The van der Waals surface area contributed by atoms with Gasteiger partial charge in [-0.3, -0.25) is 19.3 Å². The van der Waals surface area contributed by atoms with Crippen LogP contribution >= 0.6 is 0 Å². The van der Waals surface area contributed by atoms with Crippen molar-refractivity contribution in [2.45, 2.75) is 70.4 Å². The molecule has 1 aromatic rings. The largest absolute Gasteiger partial charge is 0.350 e. The minimum absolute atomic E-state index is 0.0187. The minimum Gasteiger partial charge on any atom is -0.350 e. The summed E-state index contributed by atoms with van der Waals surface area (Å²) in [5.74, 6) is 1.98. The summed E-state index contributed by atoms with van der Waals surface area (Å²) in [6, 6.07) is 0.0704. The Morgan fingerprint density at radius 2 is 1.63 bits per heavy atom. The first-order valence-corrected chi connectivity index (χ1v) is 13.5. The first kappa shape index (κ1) is 24.3. The Labute approximate surface area is 208 Å². The van der Waals surface area contributed by atoms with Gasteiger partial charge in [0.25, 0.3) is 11.8 Å². The first-order chi connectivity index (χ1) is 16.8. The van der Waals surface area contributed by atoms with Gasteiger partial charge in [0.1, 0.15) is 11.1 Å². The zero-order chi connectivity index (χ0) is 24.7. The van der Waals surface area contributed by atoms with Crippen molar-refractivity contribution in [3.8, 4) is 0 Å². The van der Waals surface area contributed by atoms with Crippen LogP contribution in [-0.4, -0.2) is 64.4 Å². The maximum Gasteiger partial charge on any atom is 0.259 e. The number of hydrogen-bond acceptors (Lipinski definition) is 4. The third-order valence-corrected chi connectivity index (χ3v) is 9.27. The molecule has 4 bridgehead atoms. The van der Waals surface area contributed by atoms with E-state index in [1.165, 1.54) is 38.5 Å². The molecule has 7 heteroatoms. The standard InChI is InChI=1S/C28H40N4O3/c1-4-6-29-26(34)23-17-31(19(3)5-2)18-24(25(23)33)27(35)30-7-9-32(10-8-30)28-14-20-11-21(15-28)13-22(12-20)16-28/h4,17-22H,1,5-16H2,2-3H3,(H,29,34)/t19-,20?,21?,22?,28?/m1/s1. The van der Waals surface area contributed by atoms with E-state index >= 15 is 0 Å². The number of rotatable bonds is 7. The minimum atomic E-state index is -0.486. The van der Waals surface area contributed by atoms with Gasteiger partial charge >= 0.3 is 0 Å². The Bertz CT molecular complexity index is 1020. The van der Waals surface area contributed by atoms with Gasteiger partial charge in [0, 0.05) is 56.7 Å². The Balaban J connectivity index is 1.33. The predicted octanol–water partition coefficient (Wildman–Crippen LogP) is 3.46. The van der Waals surface area contributed by atoms with Gasteiger partial charge in [0.05, 0.1) is 0 Å². The molecule has 1 saturated heterocycles. The molecule has 1 aromatic heterocycles. The van der Waals surface area contributed by atoms with Crippen molar-refractivity contribution in [1.82, 2.24) is 19.7 Å². The molecule has 0 radical (unpaired) electrons. The molecule has 1 N–H and O–H groups in total. The Hall–Kier alpha value is -2.41. The van der Waals surface area contributed by atoms with Crippen molar-refractivity contribution in [1.29, 1.82) is 0 Å². The van der Waals surface area contributed by atoms with Crippen molar-refractivity contribution in [3.63, 3.8) is 0 Å².